The summed E-state index contributed by atoms with van der Waals surface area (Å²) in [5, 5.41) is 13.6. The monoisotopic (exact) mass is 319 g/mol. The number of piperidine rings is 1. The highest BCUT2D eigenvalue weighted by molar-refractivity contribution is 5.84. The Morgan fingerprint density at radius 2 is 2.08 bits per heavy atom. The molecule has 0 aliphatic carbocycles. The molecular formula is C17H17N7. The van der Waals surface area contributed by atoms with E-state index in [-0.39, 0.29) is 5.92 Å². The van der Waals surface area contributed by atoms with E-state index in [0.717, 1.165) is 42.0 Å². The molecule has 0 radical (unpaired) electrons. The first-order valence-corrected chi connectivity index (χ1v) is 7.97. The summed E-state index contributed by atoms with van der Waals surface area (Å²) in [5.41, 5.74) is 8.62. The third-order valence-electron chi connectivity index (χ3n) is 4.46. The highest BCUT2D eigenvalue weighted by Crippen LogP contribution is 2.32. The molecule has 0 saturated carbocycles. The second kappa shape index (κ2) is 5.81. The van der Waals surface area contributed by atoms with Gasteiger partial charge in [-0.1, -0.05) is 30.3 Å². The predicted octanol–water partition coefficient (Wildman–Crippen LogP) is 2.03. The summed E-state index contributed by atoms with van der Waals surface area (Å²) < 4.78 is 1.79. The van der Waals surface area contributed by atoms with Crippen LogP contribution in [0, 0.1) is 11.5 Å². The Labute approximate surface area is 139 Å². The summed E-state index contributed by atoms with van der Waals surface area (Å²) in [4.78, 5) is 10.8. The molecule has 1 saturated heterocycles. The molecule has 0 spiro atoms. The molecule has 1 unspecified atom stereocenters. The zero-order valence-corrected chi connectivity index (χ0v) is 13.1. The number of nitrogens with zero attached hydrogens (tertiary/aromatic N) is 6. The van der Waals surface area contributed by atoms with E-state index < -0.39 is 0 Å². The van der Waals surface area contributed by atoms with Gasteiger partial charge < -0.3 is 10.6 Å². The molecular weight excluding hydrogens is 302 g/mol. The standard InChI is InChI=1S/C17H17N7/c18-10-23-8-4-7-13(9-23)17-22-14(12-5-2-1-3-6-12)15-16(19)20-11-21-24(15)17/h1-3,5-6,11,13H,4,7-9H2,(H2,19,20,21). The highest BCUT2D eigenvalue weighted by Gasteiger charge is 2.27. The molecule has 1 atom stereocenters. The molecule has 120 valence electrons. The number of nitrogens with two attached hydrogens (primary N) is 1. The summed E-state index contributed by atoms with van der Waals surface area (Å²) in [5.74, 6) is 1.41. The summed E-state index contributed by atoms with van der Waals surface area (Å²) >= 11 is 0. The smallest absolute Gasteiger partial charge is 0.179 e. The first kappa shape index (κ1) is 14.5. The molecule has 1 fully saturated rings. The maximum atomic E-state index is 9.20. The second-order valence-electron chi connectivity index (χ2n) is 5.98. The quantitative estimate of drug-likeness (QED) is 0.726. The van der Waals surface area contributed by atoms with Crippen LogP contribution in [0.15, 0.2) is 36.7 Å². The number of imidazole rings is 1. The maximum absolute atomic E-state index is 9.20. The molecule has 1 aromatic carbocycles. The van der Waals surface area contributed by atoms with Crippen LogP contribution >= 0.6 is 0 Å². The van der Waals surface area contributed by atoms with E-state index in [1.54, 1.807) is 9.42 Å². The van der Waals surface area contributed by atoms with E-state index in [1.165, 1.54) is 6.33 Å². The fraction of sp³-hybridized carbons (Fsp3) is 0.294. The van der Waals surface area contributed by atoms with E-state index in [1.807, 2.05) is 30.3 Å². The number of hydrogen-bond donors (Lipinski definition) is 1. The summed E-state index contributed by atoms with van der Waals surface area (Å²) in [6.07, 6.45) is 5.64. The largest absolute Gasteiger partial charge is 0.382 e. The van der Waals surface area contributed by atoms with Crippen molar-refractivity contribution in [1.82, 2.24) is 24.5 Å². The van der Waals surface area contributed by atoms with Crippen molar-refractivity contribution in [2.24, 2.45) is 0 Å². The zero-order valence-electron chi connectivity index (χ0n) is 13.1. The van der Waals surface area contributed by atoms with Crippen LogP contribution in [-0.4, -0.2) is 37.6 Å². The van der Waals surface area contributed by atoms with Gasteiger partial charge in [-0.25, -0.2) is 14.5 Å². The molecule has 0 bridgehead atoms. The number of aromatic nitrogens is 4. The Morgan fingerprint density at radius 1 is 1.25 bits per heavy atom. The normalized spacial score (nSPS) is 17.8. The number of nitriles is 1. The van der Waals surface area contributed by atoms with Crippen LogP contribution in [0.2, 0.25) is 0 Å². The molecule has 2 N–H and O–H groups in total. The molecule has 1 aliphatic heterocycles. The average Bonchev–Trinajstić information content (AvgIpc) is 3.04. The lowest BCUT2D eigenvalue weighted by molar-refractivity contribution is 0.283. The van der Waals surface area contributed by atoms with Gasteiger partial charge in [0.1, 0.15) is 23.4 Å². The average molecular weight is 319 g/mol. The van der Waals surface area contributed by atoms with Gasteiger partial charge in [0.25, 0.3) is 0 Å². The molecule has 4 rings (SSSR count). The number of hydrogen-bond acceptors (Lipinski definition) is 6. The van der Waals surface area contributed by atoms with Crippen molar-refractivity contribution in [1.29, 1.82) is 5.26 Å². The van der Waals surface area contributed by atoms with Crippen LogP contribution < -0.4 is 5.73 Å². The molecule has 3 aromatic rings. The lowest BCUT2D eigenvalue weighted by Gasteiger charge is -2.27. The lowest BCUT2D eigenvalue weighted by Crippen LogP contribution is -2.31. The fourth-order valence-electron chi connectivity index (χ4n) is 3.32. The van der Waals surface area contributed by atoms with Gasteiger partial charge in [0.15, 0.2) is 12.0 Å². The summed E-state index contributed by atoms with van der Waals surface area (Å²) in [7, 11) is 0. The van der Waals surface area contributed by atoms with Gasteiger partial charge in [0.05, 0.1) is 0 Å². The minimum Gasteiger partial charge on any atom is -0.382 e. The number of nitrogen functional groups attached to an aromatic ring is 1. The van der Waals surface area contributed by atoms with Crippen molar-refractivity contribution in [3.05, 3.63) is 42.5 Å². The van der Waals surface area contributed by atoms with Crippen LogP contribution in [-0.2, 0) is 0 Å². The second-order valence-corrected chi connectivity index (χ2v) is 5.98. The first-order valence-electron chi connectivity index (χ1n) is 7.97. The van der Waals surface area contributed by atoms with Crippen molar-refractivity contribution in [2.75, 3.05) is 18.8 Å². The molecule has 7 heteroatoms. The molecule has 24 heavy (non-hydrogen) atoms. The Balaban J connectivity index is 1.88. The van der Waals surface area contributed by atoms with E-state index in [9.17, 15) is 5.26 Å². The van der Waals surface area contributed by atoms with Gasteiger partial charge in [-0.2, -0.15) is 10.4 Å². The summed E-state index contributed by atoms with van der Waals surface area (Å²) in [6.45, 7) is 1.47. The predicted molar refractivity (Wildman–Crippen MR) is 89.8 cm³/mol. The van der Waals surface area contributed by atoms with E-state index in [0.29, 0.717) is 12.4 Å². The molecule has 3 heterocycles. The van der Waals surface area contributed by atoms with E-state index >= 15 is 0 Å². The van der Waals surface area contributed by atoms with Crippen molar-refractivity contribution in [3.63, 3.8) is 0 Å². The Kier molecular flexibility index (Phi) is 3.50. The van der Waals surface area contributed by atoms with Crippen molar-refractivity contribution in [3.8, 4) is 17.5 Å². The van der Waals surface area contributed by atoms with Gasteiger partial charge in [0.2, 0.25) is 0 Å². The SMILES string of the molecule is N#CN1CCCC(c2nc(-c3ccccc3)c3c(N)ncnn23)C1. The molecule has 0 amide bonds. The summed E-state index contributed by atoms with van der Waals surface area (Å²) in [6, 6.07) is 9.91. The van der Waals surface area contributed by atoms with Gasteiger partial charge in [-0.3, -0.25) is 0 Å². The van der Waals surface area contributed by atoms with Crippen LogP contribution in [0.3, 0.4) is 0 Å². The number of fused-ring (bicyclic) bond motifs is 1. The molecule has 1 aliphatic rings. The zero-order chi connectivity index (χ0) is 16.5. The van der Waals surface area contributed by atoms with Gasteiger partial charge >= 0.3 is 0 Å². The van der Waals surface area contributed by atoms with Crippen molar-refractivity contribution < 1.29 is 0 Å². The van der Waals surface area contributed by atoms with Crippen LogP contribution in [0.1, 0.15) is 24.6 Å². The first-order chi connectivity index (χ1) is 11.8. The maximum Gasteiger partial charge on any atom is 0.179 e. The Bertz CT molecular complexity index is 910. The van der Waals surface area contributed by atoms with E-state index in [2.05, 4.69) is 16.3 Å². The topological polar surface area (TPSA) is 96.1 Å². The van der Waals surface area contributed by atoms with Gasteiger partial charge in [-0.15, -0.1) is 0 Å². The van der Waals surface area contributed by atoms with Crippen molar-refractivity contribution >= 4 is 11.3 Å². The van der Waals surface area contributed by atoms with Gasteiger partial charge in [-0.05, 0) is 12.8 Å². The van der Waals surface area contributed by atoms with Gasteiger partial charge in [0, 0.05) is 24.6 Å². The third kappa shape index (κ3) is 2.33. The van der Waals surface area contributed by atoms with Crippen molar-refractivity contribution in [2.45, 2.75) is 18.8 Å². The van der Waals surface area contributed by atoms with Crippen LogP contribution in [0.4, 0.5) is 5.82 Å². The Hall–Kier alpha value is -3.14. The number of rotatable bonds is 2. The number of benzene rings is 1. The van der Waals surface area contributed by atoms with Crippen LogP contribution in [0.25, 0.3) is 16.8 Å². The van der Waals surface area contributed by atoms with Crippen LogP contribution in [0.5, 0.6) is 0 Å². The molecule has 2 aromatic heterocycles. The number of anilines is 1. The van der Waals surface area contributed by atoms with E-state index in [4.69, 9.17) is 10.7 Å². The molecule has 7 nitrogen and oxygen atoms in total. The third-order valence-corrected chi connectivity index (χ3v) is 4.46. The number of likely N-dealkylation sites (tertiary alicyclic amines) is 1. The Morgan fingerprint density at radius 3 is 2.88 bits per heavy atom. The highest BCUT2D eigenvalue weighted by atomic mass is 15.3. The minimum atomic E-state index is 0.151. The fourth-order valence-corrected chi connectivity index (χ4v) is 3.32. The lowest BCUT2D eigenvalue weighted by atomic mass is 9.98. The minimum absolute atomic E-state index is 0.151.